The number of fused-ring (bicyclic) bond motifs is 5. The zero-order valence-electron chi connectivity index (χ0n) is 19.5. The molecule has 3 aromatic heterocycles. The minimum atomic E-state index is 0.0618. The summed E-state index contributed by atoms with van der Waals surface area (Å²) in [5.41, 5.74) is 9.53. The molecule has 0 amide bonds. The summed E-state index contributed by atoms with van der Waals surface area (Å²) in [6.07, 6.45) is 2.12. The first-order valence-corrected chi connectivity index (χ1v) is 11.1. The molecule has 32 heavy (non-hydrogen) atoms. The van der Waals surface area contributed by atoms with E-state index in [-0.39, 0.29) is 5.41 Å². The molecular formula is C29H26N3+. The lowest BCUT2D eigenvalue weighted by Crippen LogP contribution is -2.29. The number of nitrogens with zero attached hydrogens (tertiary/aromatic N) is 3. The van der Waals surface area contributed by atoms with Crippen molar-refractivity contribution in [1.29, 1.82) is 0 Å². The number of hydrogen-bond donors (Lipinski definition) is 0. The van der Waals surface area contributed by atoms with Crippen molar-refractivity contribution in [3.8, 4) is 0 Å². The molecule has 0 N–H and O–H groups in total. The van der Waals surface area contributed by atoms with Gasteiger partial charge in [-0.3, -0.25) is 0 Å². The molecule has 0 atom stereocenters. The standard InChI is InChI=1S/C29H26N3/c1-16-12-22-21-9-8-19(29(3,4)5)14-23(21)32-24-15-20(30-6)13-18-10-11-31(7)28(26(18)24)25(17(16)2)27(22)32/h8-15H,1-5,7H3/q+1. The summed E-state index contributed by atoms with van der Waals surface area (Å²) in [6.45, 7) is 19.0. The molecule has 6 rings (SSSR count). The number of aromatic nitrogens is 2. The van der Waals surface area contributed by atoms with Crippen LogP contribution in [0.4, 0.5) is 5.69 Å². The van der Waals surface area contributed by atoms with Crippen LogP contribution in [0.5, 0.6) is 0 Å². The predicted molar refractivity (Wildman–Crippen MR) is 134 cm³/mol. The average Bonchev–Trinajstić information content (AvgIpc) is 3.08. The molecule has 3 aromatic carbocycles. The second-order valence-corrected chi connectivity index (χ2v) is 10.2. The van der Waals surface area contributed by atoms with Gasteiger partial charge in [0.25, 0.3) is 0 Å². The lowest BCUT2D eigenvalue weighted by atomic mass is 9.86. The van der Waals surface area contributed by atoms with Gasteiger partial charge in [0.2, 0.25) is 5.52 Å². The smallest absolute Gasteiger partial charge is 0.224 e. The molecule has 156 valence electrons. The topological polar surface area (TPSA) is 12.7 Å². The second-order valence-electron chi connectivity index (χ2n) is 10.2. The third-order valence-corrected chi connectivity index (χ3v) is 7.24. The van der Waals surface area contributed by atoms with E-state index in [1.807, 2.05) is 6.07 Å². The molecular weight excluding hydrogens is 390 g/mol. The first-order chi connectivity index (χ1) is 15.2. The summed E-state index contributed by atoms with van der Waals surface area (Å²) in [5.74, 6) is 0. The van der Waals surface area contributed by atoms with Crippen LogP contribution in [0.1, 0.15) is 37.5 Å². The molecule has 0 aliphatic rings. The highest BCUT2D eigenvalue weighted by molar-refractivity contribution is 6.26. The normalized spacial score (nSPS) is 12.7. The highest BCUT2D eigenvalue weighted by Gasteiger charge is 2.25. The van der Waals surface area contributed by atoms with Gasteiger partial charge in [0, 0.05) is 16.8 Å². The van der Waals surface area contributed by atoms with Crippen LogP contribution in [0.2, 0.25) is 0 Å². The Labute approximate surface area is 187 Å². The van der Waals surface area contributed by atoms with Crippen LogP contribution >= 0.6 is 0 Å². The van der Waals surface area contributed by atoms with Gasteiger partial charge in [-0.1, -0.05) is 32.9 Å². The summed E-state index contributed by atoms with van der Waals surface area (Å²) in [7, 11) is 2.13. The quantitative estimate of drug-likeness (QED) is 0.107. The van der Waals surface area contributed by atoms with E-state index < -0.39 is 0 Å². The number of aryl methyl sites for hydroxylation is 3. The molecule has 3 nitrogen and oxygen atoms in total. The van der Waals surface area contributed by atoms with Gasteiger partial charge in [0.15, 0.2) is 11.9 Å². The van der Waals surface area contributed by atoms with Crippen molar-refractivity contribution in [3.63, 3.8) is 0 Å². The Kier molecular flexibility index (Phi) is 3.57. The summed E-state index contributed by atoms with van der Waals surface area (Å²) in [4.78, 5) is 3.81. The number of rotatable bonds is 0. The maximum atomic E-state index is 7.71. The van der Waals surface area contributed by atoms with Gasteiger partial charge in [-0.05, 0) is 65.6 Å². The van der Waals surface area contributed by atoms with Crippen LogP contribution < -0.4 is 4.57 Å². The van der Waals surface area contributed by atoms with E-state index in [2.05, 4.69) is 98.1 Å². The minimum absolute atomic E-state index is 0.0618. The molecule has 0 radical (unpaired) electrons. The van der Waals surface area contributed by atoms with Gasteiger partial charge in [-0.2, -0.15) is 0 Å². The second kappa shape index (κ2) is 5.99. The molecule has 0 fully saturated rings. The SMILES string of the molecule is [C-]#[N+]c1cc2cc[n+](C)c3c4c(C)c(C)cc5c6ccc(C(C)(C)C)cc6n(c(c1)c23)c54. The van der Waals surface area contributed by atoms with Gasteiger partial charge >= 0.3 is 0 Å². The van der Waals surface area contributed by atoms with E-state index in [1.54, 1.807) is 0 Å². The molecule has 0 bridgehead atoms. The first kappa shape index (κ1) is 19.1. The van der Waals surface area contributed by atoms with Gasteiger partial charge in [-0.25, -0.2) is 9.41 Å². The lowest BCUT2D eigenvalue weighted by molar-refractivity contribution is -0.643. The van der Waals surface area contributed by atoms with E-state index in [0.29, 0.717) is 5.69 Å². The van der Waals surface area contributed by atoms with Crippen LogP contribution in [-0.4, -0.2) is 4.40 Å². The molecule has 0 saturated carbocycles. The maximum absolute atomic E-state index is 7.71. The molecule has 6 aromatic rings. The fourth-order valence-electron chi connectivity index (χ4n) is 5.42. The van der Waals surface area contributed by atoms with E-state index in [4.69, 9.17) is 6.57 Å². The largest absolute Gasteiger partial charge is 0.309 e. The molecule has 3 heteroatoms. The van der Waals surface area contributed by atoms with Crippen molar-refractivity contribution < 1.29 is 4.57 Å². The fourth-order valence-corrected chi connectivity index (χ4v) is 5.42. The van der Waals surface area contributed by atoms with Crippen LogP contribution in [0.15, 0.2) is 48.7 Å². The zero-order valence-corrected chi connectivity index (χ0v) is 19.5. The third kappa shape index (κ3) is 2.27. The van der Waals surface area contributed by atoms with Crippen molar-refractivity contribution in [2.75, 3.05) is 0 Å². The van der Waals surface area contributed by atoms with Gasteiger partial charge in [-0.15, -0.1) is 0 Å². The number of hydrogen-bond acceptors (Lipinski definition) is 0. The van der Waals surface area contributed by atoms with Gasteiger partial charge in [0.05, 0.1) is 33.9 Å². The Morgan fingerprint density at radius 2 is 1.69 bits per heavy atom. The van der Waals surface area contributed by atoms with E-state index in [0.717, 1.165) is 10.9 Å². The van der Waals surface area contributed by atoms with Crippen molar-refractivity contribution in [2.45, 2.75) is 40.0 Å². The molecule has 0 aliphatic heterocycles. The Bertz CT molecular complexity index is 1790. The molecule has 0 aliphatic carbocycles. The Balaban J connectivity index is 2.06. The highest BCUT2D eigenvalue weighted by Crippen LogP contribution is 2.43. The first-order valence-electron chi connectivity index (χ1n) is 11.1. The van der Waals surface area contributed by atoms with Crippen molar-refractivity contribution in [2.24, 2.45) is 7.05 Å². The summed E-state index contributed by atoms with van der Waals surface area (Å²) >= 11 is 0. The highest BCUT2D eigenvalue weighted by atomic mass is 15.0. The zero-order chi connectivity index (χ0) is 22.5. The predicted octanol–water partition coefficient (Wildman–Crippen LogP) is 7.28. The summed E-state index contributed by atoms with van der Waals surface area (Å²) in [5, 5.41) is 6.21. The average molecular weight is 417 g/mol. The van der Waals surface area contributed by atoms with Crippen LogP contribution in [0.25, 0.3) is 53.8 Å². The van der Waals surface area contributed by atoms with Crippen molar-refractivity contribution in [1.82, 2.24) is 4.40 Å². The van der Waals surface area contributed by atoms with Crippen molar-refractivity contribution >= 4 is 54.7 Å². The fraction of sp³-hybridized carbons (Fsp3) is 0.241. The molecule has 0 saturated heterocycles. The van der Waals surface area contributed by atoms with Gasteiger partial charge in [0.1, 0.15) is 7.05 Å². The number of benzene rings is 3. The van der Waals surface area contributed by atoms with E-state index in [9.17, 15) is 0 Å². The maximum Gasteiger partial charge on any atom is 0.224 e. The summed E-state index contributed by atoms with van der Waals surface area (Å²) in [6, 6.07) is 15.5. The minimum Gasteiger partial charge on any atom is -0.309 e. The van der Waals surface area contributed by atoms with Crippen LogP contribution in [0.3, 0.4) is 0 Å². The van der Waals surface area contributed by atoms with E-state index >= 15 is 0 Å². The molecule has 0 unspecified atom stereocenters. The van der Waals surface area contributed by atoms with Crippen LogP contribution in [-0.2, 0) is 12.5 Å². The van der Waals surface area contributed by atoms with Gasteiger partial charge < -0.3 is 4.40 Å². The number of pyridine rings is 2. The lowest BCUT2D eigenvalue weighted by Gasteiger charge is -2.19. The Morgan fingerprint density at radius 3 is 2.41 bits per heavy atom. The Morgan fingerprint density at radius 1 is 0.906 bits per heavy atom. The summed E-state index contributed by atoms with van der Waals surface area (Å²) < 4.78 is 4.66. The van der Waals surface area contributed by atoms with E-state index in [1.165, 1.54) is 54.8 Å². The third-order valence-electron chi connectivity index (χ3n) is 7.24. The Hall–Kier alpha value is -3.64. The molecule has 3 heterocycles. The monoisotopic (exact) mass is 416 g/mol. The van der Waals surface area contributed by atoms with Crippen LogP contribution in [0, 0.1) is 20.4 Å². The van der Waals surface area contributed by atoms with Crippen molar-refractivity contribution in [3.05, 3.63) is 76.8 Å². The molecule has 0 spiro atoms.